The quantitative estimate of drug-likeness (QED) is 0.670. The average Bonchev–Trinajstić information content (AvgIpc) is 2.87. The number of carbonyl (C=O) groups excluding carboxylic acids is 4. The molecule has 2 fully saturated rings. The van der Waals surface area contributed by atoms with Crippen molar-refractivity contribution >= 4 is 29.4 Å². The topological polar surface area (TPSA) is 108 Å². The van der Waals surface area contributed by atoms with Gasteiger partial charge in [0, 0.05) is 19.2 Å². The Kier molecular flexibility index (Phi) is 5.67. The number of amides is 5. The Labute approximate surface area is 164 Å². The fourth-order valence-corrected chi connectivity index (χ4v) is 4.00. The zero-order chi connectivity index (χ0) is 20.3. The molecule has 0 radical (unpaired) electrons. The van der Waals surface area contributed by atoms with E-state index in [1.54, 1.807) is 18.2 Å². The molecule has 5 amide bonds. The zero-order valence-corrected chi connectivity index (χ0v) is 16.2. The van der Waals surface area contributed by atoms with Crippen LogP contribution in [-0.4, -0.2) is 40.7 Å². The molecule has 28 heavy (non-hydrogen) atoms. The van der Waals surface area contributed by atoms with Crippen molar-refractivity contribution in [3.05, 3.63) is 29.8 Å². The maximum absolute atomic E-state index is 12.9. The number of nitrogens with zero attached hydrogens (tertiary/aromatic N) is 1. The molecule has 0 aromatic heterocycles. The highest BCUT2D eigenvalue weighted by Gasteiger charge is 2.55. The van der Waals surface area contributed by atoms with Gasteiger partial charge in [-0.2, -0.15) is 0 Å². The normalized spacial score (nSPS) is 24.2. The van der Waals surface area contributed by atoms with Gasteiger partial charge in [-0.25, -0.2) is 4.79 Å². The summed E-state index contributed by atoms with van der Waals surface area (Å²) in [6, 6.07) is 6.61. The molecular formula is C20H26N4O4. The summed E-state index contributed by atoms with van der Waals surface area (Å²) >= 11 is 0. The number of hydrogen-bond acceptors (Lipinski definition) is 4. The highest BCUT2D eigenvalue weighted by molar-refractivity contribution is 6.09. The van der Waals surface area contributed by atoms with E-state index >= 15 is 0 Å². The first kappa shape index (κ1) is 19.9. The van der Waals surface area contributed by atoms with Crippen molar-refractivity contribution in [3.63, 3.8) is 0 Å². The van der Waals surface area contributed by atoms with Gasteiger partial charge in [0.15, 0.2) is 0 Å². The summed E-state index contributed by atoms with van der Waals surface area (Å²) in [7, 11) is 0. The second-order valence-electron chi connectivity index (χ2n) is 7.60. The molecule has 1 aromatic rings. The van der Waals surface area contributed by atoms with Gasteiger partial charge in [-0.1, -0.05) is 31.9 Å². The van der Waals surface area contributed by atoms with Crippen LogP contribution in [0.3, 0.4) is 0 Å². The van der Waals surface area contributed by atoms with Crippen molar-refractivity contribution in [3.8, 4) is 0 Å². The van der Waals surface area contributed by atoms with Crippen molar-refractivity contribution in [2.24, 2.45) is 5.92 Å². The molecule has 8 nitrogen and oxygen atoms in total. The van der Waals surface area contributed by atoms with E-state index in [0.717, 1.165) is 29.7 Å². The minimum atomic E-state index is -0.859. The molecule has 1 heterocycles. The smallest absolute Gasteiger partial charge is 0.325 e. The number of carbonyl (C=O) groups is 4. The standard InChI is InChI=1S/C20H26N4O4/c1-13-6-3-4-9-20(13)18(27)24(19(28)23-20)12-17(26)21-11-15-7-5-8-16(10-15)22-14(2)25/h5,7-8,10,13H,3-4,6,9,11-12H2,1-2H3,(H,21,26)(H,22,25)(H,23,28). The molecule has 2 aliphatic rings. The van der Waals surface area contributed by atoms with Gasteiger partial charge in [0.2, 0.25) is 11.8 Å². The maximum Gasteiger partial charge on any atom is 0.325 e. The Balaban J connectivity index is 1.58. The van der Waals surface area contributed by atoms with E-state index in [-0.39, 0.29) is 30.8 Å². The van der Waals surface area contributed by atoms with Gasteiger partial charge in [0.25, 0.3) is 5.91 Å². The second-order valence-corrected chi connectivity index (χ2v) is 7.60. The molecule has 8 heteroatoms. The molecule has 1 spiro atoms. The number of imide groups is 1. The third-order valence-electron chi connectivity index (χ3n) is 5.54. The molecule has 1 aliphatic carbocycles. The average molecular weight is 386 g/mol. The van der Waals surface area contributed by atoms with Crippen LogP contribution in [0, 0.1) is 5.92 Å². The summed E-state index contributed by atoms with van der Waals surface area (Å²) in [5.41, 5.74) is 0.582. The third-order valence-corrected chi connectivity index (χ3v) is 5.54. The van der Waals surface area contributed by atoms with Gasteiger partial charge in [-0.15, -0.1) is 0 Å². The van der Waals surface area contributed by atoms with Crippen LogP contribution in [-0.2, 0) is 20.9 Å². The summed E-state index contributed by atoms with van der Waals surface area (Å²) in [6.07, 6.45) is 3.44. The van der Waals surface area contributed by atoms with E-state index in [1.807, 2.05) is 13.0 Å². The molecule has 3 rings (SSSR count). The van der Waals surface area contributed by atoms with Crippen molar-refractivity contribution in [2.45, 2.75) is 51.6 Å². The molecule has 2 unspecified atom stereocenters. The Morgan fingerprint density at radius 2 is 2.07 bits per heavy atom. The predicted molar refractivity (Wildman–Crippen MR) is 103 cm³/mol. The highest BCUT2D eigenvalue weighted by atomic mass is 16.2. The van der Waals surface area contributed by atoms with Crippen LogP contribution in [0.4, 0.5) is 10.5 Å². The van der Waals surface area contributed by atoms with Crippen molar-refractivity contribution in [2.75, 3.05) is 11.9 Å². The number of hydrogen-bond donors (Lipinski definition) is 3. The number of rotatable bonds is 5. The lowest BCUT2D eigenvalue weighted by atomic mass is 9.73. The van der Waals surface area contributed by atoms with Crippen molar-refractivity contribution < 1.29 is 19.2 Å². The predicted octanol–water partition coefficient (Wildman–Crippen LogP) is 1.76. The minimum Gasteiger partial charge on any atom is -0.350 e. The zero-order valence-electron chi connectivity index (χ0n) is 16.2. The van der Waals surface area contributed by atoms with E-state index in [9.17, 15) is 19.2 Å². The molecular weight excluding hydrogens is 360 g/mol. The minimum absolute atomic E-state index is 0.0577. The van der Waals surface area contributed by atoms with Gasteiger partial charge in [0.1, 0.15) is 12.1 Å². The summed E-state index contributed by atoms with van der Waals surface area (Å²) in [5, 5.41) is 8.25. The van der Waals surface area contributed by atoms with E-state index in [0.29, 0.717) is 12.1 Å². The largest absolute Gasteiger partial charge is 0.350 e. The van der Waals surface area contributed by atoms with Crippen LogP contribution in [0.2, 0.25) is 0 Å². The van der Waals surface area contributed by atoms with Gasteiger partial charge >= 0.3 is 6.03 Å². The molecule has 150 valence electrons. The monoisotopic (exact) mass is 386 g/mol. The molecule has 1 aliphatic heterocycles. The lowest BCUT2D eigenvalue weighted by Crippen LogP contribution is -2.54. The van der Waals surface area contributed by atoms with E-state index in [4.69, 9.17) is 0 Å². The van der Waals surface area contributed by atoms with Crippen LogP contribution < -0.4 is 16.0 Å². The molecule has 0 bridgehead atoms. The Morgan fingerprint density at radius 3 is 2.79 bits per heavy atom. The number of anilines is 1. The van der Waals surface area contributed by atoms with Crippen LogP contribution in [0.15, 0.2) is 24.3 Å². The fraction of sp³-hybridized carbons (Fsp3) is 0.500. The Morgan fingerprint density at radius 1 is 1.29 bits per heavy atom. The van der Waals surface area contributed by atoms with E-state index in [1.165, 1.54) is 6.92 Å². The molecule has 1 saturated heterocycles. The van der Waals surface area contributed by atoms with Gasteiger partial charge in [0.05, 0.1) is 0 Å². The molecule has 1 aromatic carbocycles. The first-order valence-corrected chi connectivity index (χ1v) is 9.59. The van der Waals surface area contributed by atoms with Gasteiger partial charge < -0.3 is 16.0 Å². The Hall–Kier alpha value is -2.90. The summed E-state index contributed by atoms with van der Waals surface area (Å²) < 4.78 is 0. The third kappa shape index (κ3) is 4.00. The van der Waals surface area contributed by atoms with Crippen molar-refractivity contribution in [1.82, 2.24) is 15.5 Å². The highest BCUT2D eigenvalue weighted by Crippen LogP contribution is 2.38. The summed E-state index contributed by atoms with van der Waals surface area (Å²) in [6.45, 7) is 3.33. The van der Waals surface area contributed by atoms with Gasteiger partial charge in [-0.3, -0.25) is 19.3 Å². The fourth-order valence-electron chi connectivity index (χ4n) is 4.00. The van der Waals surface area contributed by atoms with Gasteiger partial charge in [-0.05, 0) is 36.5 Å². The van der Waals surface area contributed by atoms with Crippen LogP contribution in [0.5, 0.6) is 0 Å². The summed E-state index contributed by atoms with van der Waals surface area (Å²) in [4.78, 5) is 49.7. The molecule has 1 saturated carbocycles. The molecule has 3 N–H and O–H groups in total. The lowest BCUT2D eigenvalue weighted by molar-refractivity contribution is -0.137. The summed E-state index contributed by atoms with van der Waals surface area (Å²) in [5.74, 6) is -0.825. The first-order valence-electron chi connectivity index (χ1n) is 9.59. The first-order chi connectivity index (χ1) is 13.3. The van der Waals surface area contributed by atoms with Crippen molar-refractivity contribution in [1.29, 1.82) is 0 Å². The van der Waals surface area contributed by atoms with Crippen LogP contribution in [0.1, 0.15) is 45.1 Å². The SMILES string of the molecule is CC(=O)Nc1cccc(CNC(=O)CN2C(=O)NC3(CCCCC3C)C2=O)c1. The second kappa shape index (κ2) is 8.00. The number of nitrogens with one attached hydrogen (secondary N) is 3. The number of benzene rings is 1. The Bertz CT molecular complexity index is 809. The van der Waals surface area contributed by atoms with E-state index in [2.05, 4.69) is 16.0 Å². The number of urea groups is 1. The molecule has 2 atom stereocenters. The maximum atomic E-state index is 12.9. The lowest BCUT2D eigenvalue weighted by Gasteiger charge is -2.36. The van der Waals surface area contributed by atoms with E-state index < -0.39 is 17.5 Å². The van der Waals surface area contributed by atoms with Crippen LogP contribution >= 0.6 is 0 Å². The van der Waals surface area contributed by atoms with Crippen LogP contribution in [0.25, 0.3) is 0 Å².